The average molecular weight is 411 g/mol. The number of pyridine rings is 1. The lowest BCUT2D eigenvalue weighted by atomic mass is 10.2. The van der Waals surface area contributed by atoms with E-state index in [0.29, 0.717) is 6.54 Å². The van der Waals surface area contributed by atoms with E-state index in [1.54, 1.807) is 11.3 Å². The summed E-state index contributed by atoms with van der Waals surface area (Å²) in [5.74, 6) is 1.00. The van der Waals surface area contributed by atoms with E-state index >= 15 is 0 Å². The largest absolute Gasteiger partial charge is 0.355 e. The second-order valence-electron chi connectivity index (χ2n) is 7.39. The summed E-state index contributed by atoms with van der Waals surface area (Å²) in [5, 5.41) is 6.79. The molecule has 2 aromatic heterocycles. The fourth-order valence-electron chi connectivity index (χ4n) is 3.46. The van der Waals surface area contributed by atoms with Crippen LogP contribution in [0.25, 0.3) is 10.2 Å². The summed E-state index contributed by atoms with van der Waals surface area (Å²) in [7, 11) is 2.16. The fraction of sp³-hybridized carbons (Fsp3) is 0.381. The van der Waals surface area contributed by atoms with E-state index < -0.39 is 0 Å². The van der Waals surface area contributed by atoms with Crippen LogP contribution in [-0.4, -0.2) is 54.1 Å². The molecule has 2 N–H and O–H groups in total. The van der Waals surface area contributed by atoms with E-state index in [4.69, 9.17) is 0 Å². The van der Waals surface area contributed by atoms with Crippen molar-refractivity contribution in [3.63, 3.8) is 0 Å². The smallest absolute Gasteiger partial charge is 0.319 e. The Labute approximate surface area is 174 Å². The van der Waals surface area contributed by atoms with E-state index in [-0.39, 0.29) is 6.03 Å². The van der Waals surface area contributed by atoms with E-state index in [0.717, 1.165) is 64.9 Å². The Bertz CT molecular complexity index is 987. The molecule has 0 atom stereocenters. The number of fused-ring (bicyclic) bond motifs is 1. The minimum absolute atomic E-state index is 0.231. The number of aromatic nitrogens is 2. The van der Waals surface area contributed by atoms with E-state index in [1.807, 2.05) is 43.5 Å². The Kier molecular flexibility index (Phi) is 5.92. The molecule has 0 unspecified atom stereocenters. The van der Waals surface area contributed by atoms with Gasteiger partial charge in [0.25, 0.3) is 0 Å². The normalized spacial score (nSPS) is 15.3. The summed E-state index contributed by atoms with van der Waals surface area (Å²) < 4.78 is 1.07. The SMILES string of the molecule is Cc1nc2ccc(NC(=O)NCc3ccc(N4CCCN(C)CC4)nc3)cc2s1. The van der Waals surface area contributed by atoms with Crippen LogP contribution >= 0.6 is 11.3 Å². The van der Waals surface area contributed by atoms with Gasteiger partial charge in [0, 0.05) is 38.1 Å². The highest BCUT2D eigenvalue weighted by atomic mass is 32.1. The average Bonchev–Trinajstić information content (AvgIpc) is 2.94. The van der Waals surface area contributed by atoms with Gasteiger partial charge in [0.15, 0.2) is 0 Å². The third-order valence-electron chi connectivity index (χ3n) is 5.06. The fourth-order valence-corrected chi connectivity index (χ4v) is 4.33. The molecule has 4 rings (SSSR count). The number of urea groups is 1. The molecule has 29 heavy (non-hydrogen) atoms. The maximum atomic E-state index is 12.2. The predicted octanol–water partition coefficient (Wildman–Crippen LogP) is 3.46. The number of carbonyl (C=O) groups excluding carboxylic acids is 1. The molecule has 0 bridgehead atoms. The van der Waals surface area contributed by atoms with E-state index in [2.05, 4.69) is 37.4 Å². The van der Waals surface area contributed by atoms with Crippen LogP contribution in [0.3, 0.4) is 0 Å². The van der Waals surface area contributed by atoms with Crippen molar-refractivity contribution in [2.45, 2.75) is 19.9 Å². The van der Waals surface area contributed by atoms with Crippen molar-refractivity contribution in [2.24, 2.45) is 0 Å². The topological polar surface area (TPSA) is 73.4 Å². The second kappa shape index (κ2) is 8.75. The molecule has 1 fully saturated rings. The molecule has 3 heterocycles. The van der Waals surface area contributed by atoms with Crippen LogP contribution in [0.4, 0.5) is 16.3 Å². The summed E-state index contributed by atoms with van der Waals surface area (Å²) in [6, 6.07) is 9.59. The Hall–Kier alpha value is -2.71. The van der Waals surface area contributed by atoms with Gasteiger partial charge in [0.1, 0.15) is 5.82 Å². The Morgan fingerprint density at radius 2 is 2.07 bits per heavy atom. The number of nitrogens with zero attached hydrogens (tertiary/aromatic N) is 4. The van der Waals surface area contributed by atoms with Crippen molar-refractivity contribution in [1.82, 2.24) is 20.2 Å². The molecular weight excluding hydrogens is 384 g/mol. The van der Waals surface area contributed by atoms with Crippen LogP contribution in [-0.2, 0) is 6.54 Å². The lowest BCUT2D eigenvalue weighted by Crippen LogP contribution is -2.30. The maximum absolute atomic E-state index is 12.2. The Morgan fingerprint density at radius 1 is 1.17 bits per heavy atom. The first-order valence-electron chi connectivity index (χ1n) is 9.87. The summed E-state index contributed by atoms with van der Waals surface area (Å²) in [6.45, 7) is 6.62. The van der Waals surface area contributed by atoms with Gasteiger partial charge in [0.05, 0.1) is 15.2 Å². The van der Waals surface area contributed by atoms with Gasteiger partial charge in [-0.3, -0.25) is 0 Å². The summed E-state index contributed by atoms with van der Waals surface area (Å²) in [5.41, 5.74) is 2.70. The number of hydrogen-bond donors (Lipinski definition) is 2. The van der Waals surface area contributed by atoms with Crippen molar-refractivity contribution in [3.05, 3.63) is 47.1 Å². The quantitative estimate of drug-likeness (QED) is 0.689. The van der Waals surface area contributed by atoms with Gasteiger partial charge in [-0.15, -0.1) is 11.3 Å². The van der Waals surface area contributed by atoms with Crippen LogP contribution in [0.15, 0.2) is 36.5 Å². The Morgan fingerprint density at radius 3 is 2.90 bits per heavy atom. The standard InChI is InChI=1S/C21H26N6OS/c1-15-24-18-6-5-17(12-19(18)29-15)25-21(28)23-14-16-4-7-20(22-13-16)27-9-3-8-26(2)10-11-27/h4-7,12-13H,3,8-11,14H2,1-2H3,(H2,23,25,28). The third kappa shape index (κ3) is 5.02. The number of carbonyl (C=O) groups is 1. The van der Waals surface area contributed by atoms with Crippen molar-refractivity contribution in [2.75, 3.05) is 43.4 Å². The molecule has 0 radical (unpaired) electrons. The number of aryl methyl sites for hydroxylation is 1. The first kappa shape index (κ1) is 19.6. The van der Waals surface area contributed by atoms with Gasteiger partial charge in [-0.25, -0.2) is 14.8 Å². The van der Waals surface area contributed by atoms with Crippen LogP contribution in [0.5, 0.6) is 0 Å². The predicted molar refractivity (Wildman–Crippen MR) is 119 cm³/mol. The van der Waals surface area contributed by atoms with Gasteiger partial charge in [-0.2, -0.15) is 0 Å². The molecule has 1 aromatic carbocycles. The number of thiazole rings is 1. The van der Waals surface area contributed by atoms with Crippen molar-refractivity contribution in [1.29, 1.82) is 0 Å². The zero-order valence-corrected chi connectivity index (χ0v) is 17.6. The van der Waals surface area contributed by atoms with Gasteiger partial charge in [-0.1, -0.05) is 6.07 Å². The van der Waals surface area contributed by atoms with Gasteiger partial charge in [0.2, 0.25) is 0 Å². The molecule has 0 spiro atoms. The highest BCUT2D eigenvalue weighted by Gasteiger charge is 2.13. The molecule has 2 amide bonds. The maximum Gasteiger partial charge on any atom is 0.319 e. The first-order chi connectivity index (χ1) is 14.1. The molecule has 152 valence electrons. The number of rotatable bonds is 4. The zero-order chi connectivity index (χ0) is 20.2. The molecule has 3 aromatic rings. The highest BCUT2D eigenvalue weighted by molar-refractivity contribution is 7.18. The molecule has 7 nitrogen and oxygen atoms in total. The van der Waals surface area contributed by atoms with Crippen LogP contribution in [0, 0.1) is 6.92 Å². The van der Waals surface area contributed by atoms with Crippen LogP contribution < -0.4 is 15.5 Å². The molecule has 0 saturated carbocycles. The summed E-state index contributed by atoms with van der Waals surface area (Å²) >= 11 is 1.62. The highest BCUT2D eigenvalue weighted by Crippen LogP contribution is 2.24. The monoisotopic (exact) mass is 410 g/mol. The van der Waals surface area contributed by atoms with E-state index in [9.17, 15) is 4.79 Å². The molecule has 1 aliphatic heterocycles. The van der Waals surface area contributed by atoms with Crippen LogP contribution in [0.1, 0.15) is 17.0 Å². The Balaban J connectivity index is 1.30. The minimum Gasteiger partial charge on any atom is -0.355 e. The zero-order valence-electron chi connectivity index (χ0n) is 16.8. The van der Waals surface area contributed by atoms with E-state index in [1.165, 1.54) is 0 Å². The lowest BCUT2D eigenvalue weighted by Gasteiger charge is -2.21. The molecule has 1 aliphatic rings. The van der Waals surface area contributed by atoms with Crippen molar-refractivity contribution >= 4 is 39.1 Å². The molecule has 8 heteroatoms. The number of amides is 2. The van der Waals surface area contributed by atoms with Crippen molar-refractivity contribution in [3.8, 4) is 0 Å². The van der Waals surface area contributed by atoms with Crippen LogP contribution in [0.2, 0.25) is 0 Å². The van der Waals surface area contributed by atoms with Crippen molar-refractivity contribution < 1.29 is 4.79 Å². The summed E-state index contributed by atoms with van der Waals surface area (Å²) in [6.07, 6.45) is 2.99. The number of likely N-dealkylation sites (N-methyl/N-ethyl adjacent to an activating group) is 1. The summed E-state index contributed by atoms with van der Waals surface area (Å²) in [4.78, 5) is 26.0. The van der Waals surface area contributed by atoms with Gasteiger partial charge >= 0.3 is 6.03 Å². The number of hydrogen-bond acceptors (Lipinski definition) is 6. The third-order valence-corrected chi connectivity index (χ3v) is 5.99. The first-order valence-corrected chi connectivity index (χ1v) is 10.7. The lowest BCUT2D eigenvalue weighted by molar-refractivity contribution is 0.251. The minimum atomic E-state index is -0.231. The number of nitrogens with one attached hydrogen (secondary N) is 2. The molecular formula is C21H26N6OS. The number of anilines is 2. The van der Waals surface area contributed by atoms with Gasteiger partial charge < -0.3 is 20.4 Å². The number of benzene rings is 1. The molecule has 1 saturated heterocycles. The molecule has 0 aliphatic carbocycles. The second-order valence-corrected chi connectivity index (χ2v) is 8.63. The van der Waals surface area contributed by atoms with Gasteiger partial charge in [-0.05, 0) is 56.8 Å².